The van der Waals surface area contributed by atoms with Gasteiger partial charge < -0.3 is 19.3 Å². The third-order valence-corrected chi connectivity index (χ3v) is 7.55. The van der Waals surface area contributed by atoms with Crippen LogP contribution in [0.15, 0.2) is 17.1 Å². The number of fused-ring (bicyclic) bond motifs is 2. The highest BCUT2D eigenvalue weighted by Crippen LogP contribution is 2.46. The third-order valence-electron chi connectivity index (χ3n) is 5.85. The molecule has 0 aliphatic carbocycles. The Morgan fingerprint density at radius 2 is 2.00 bits per heavy atom. The second-order valence-electron chi connectivity index (χ2n) is 9.39. The van der Waals surface area contributed by atoms with E-state index in [1.165, 1.54) is 0 Å². The maximum Gasteiger partial charge on any atom is 0.334 e. The Kier molecular flexibility index (Phi) is 7.16. The van der Waals surface area contributed by atoms with Crippen LogP contribution in [0.3, 0.4) is 0 Å². The van der Waals surface area contributed by atoms with Gasteiger partial charge in [-0.3, -0.25) is 4.79 Å². The van der Waals surface area contributed by atoms with Crippen LogP contribution < -0.4 is 0 Å². The van der Waals surface area contributed by atoms with E-state index in [1.807, 2.05) is 12.2 Å². The first-order chi connectivity index (χ1) is 13.7. The molecule has 8 heteroatoms. The number of aliphatic imine (C=N–C) groups is 1. The Labute approximate surface area is 173 Å². The van der Waals surface area contributed by atoms with Crippen molar-refractivity contribution >= 4 is 25.9 Å². The predicted molar refractivity (Wildman–Crippen MR) is 112 cm³/mol. The monoisotopic (exact) mass is 423 g/mol. The standard InChI is InChI=1S/C21H33NO6Si/c1-29(2,3)12-11-26-21(25)15-13-27-20(22-15)19-14(16-9-10-17(19)28-16)7-5-4-6-8-18(23)24/h4-5,14-17,19H,6-13H2,1-3H3,(H,23,24)/t14-,15?,16-,17+,19-/m0/s1. The number of aliphatic carboxylic acids is 1. The molecule has 1 N–H and O–H groups in total. The van der Waals surface area contributed by atoms with E-state index in [2.05, 4.69) is 24.6 Å². The van der Waals surface area contributed by atoms with Crippen LogP contribution in [0.2, 0.25) is 25.7 Å². The van der Waals surface area contributed by atoms with Gasteiger partial charge in [-0.2, -0.15) is 0 Å². The van der Waals surface area contributed by atoms with Gasteiger partial charge in [0.05, 0.1) is 24.7 Å². The number of rotatable bonds is 10. The summed E-state index contributed by atoms with van der Waals surface area (Å²) in [5.41, 5.74) is 0. The molecule has 1 unspecified atom stereocenters. The van der Waals surface area contributed by atoms with E-state index in [0.29, 0.717) is 18.9 Å². The van der Waals surface area contributed by atoms with E-state index in [-0.39, 0.29) is 43.0 Å². The molecule has 7 nitrogen and oxygen atoms in total. The van der Waals surface area contributed by atoms with Crippen LogP contribution in [0.1, 0.15) is 32.1 Å². The van der Waals surface area contributed by atoms with Gasteiger partial charge in [-0.25, -0.2) is 9.79 Å². The highest BCUT2D eigenvalue weighted by atomic mass is 28.3. The fourth-order valence-electron chi connectivity index (χ4n) is 4.24. The second-order valence-corrected chi connectivity index (χ2v) is 15.0. The minimum absolute atomic E-state index is 0.0673. The fraction of sp³-hybridized carbons (Fsp3) is 0.762. The molecule has 0 aromatic carbocycles. The van der Waals surface area contributed by atoms with Crippen molar-refractivity contribution in [2.24, 2.45) is 16.8 Å². The van der Waals surface area contributed by atoms with E-state index in [0.717, 1.165) is 25.3 Å². The number of esters is 1. The van der Waals surface area contributed by atoms with Crippen LogP contribution in [0.25, 0.3) is 0 Å². The van der Waals surface area contributed by atoms with E-state index in [9.17, 15) is 9.59 Å². The number of carboxylic acid groups (broad SMARTS) is 1. The van der Waals surface area contributed by atoms with Gasteiger partial charge in [0.1, 0.15) is 6.61 Å². The number of hydrogen-bond acceptors (Lipinski definition) is 6. The number of carboxylic acids is 1. The van der Waals surface area contributed by atoms with Gasteiger partial charge >= 0.3 is 11.9 Å². The summed E-state index contributed by atoms with van der Waals surface area (Å²) < 4.78 is 17.4. The molecule has 29 heavy (non-hydrogen) atoms. The van der Waals surface area contributed by atoms with E-state index in [4.69, 9.17) is 19.3 Å². The molecule has 2 fully saturated rings. The molecule has 3 rings (SSSR count). The lowest BCUT2D eigenvalue weighted by molar-refractivity contribution is -0.144. The Balaban J connectivity index is 1.55. The van der Waals surface area contributed by atoms with Crippen LogP contribution in [-0.4, -0.2) is 62.5 Å². The highest BCUT2D eigenvalue weighted by Gasteiger charge is 2.52. The number of carbonyl (C=O) groups is 2. The van der Waals surface area contributed by atoms with Crippen molar-refractivity contribution in [3.8, 4) is 0 Å². The number of nitrogens with zero attached hydrogens (tertiary/aromatic N) is 1. The first-order valence-corrected chi connectivity index (χ1v) is 14.3. The molecule has 5 atom stereocenters. The minimum atomic E-state index is -1.24. The zero-order valence-electron chi connectivity index (χ0n) is 17.6. The Morgan fingerprint density at radius 3 is 2.72 bits per heavy atom. The molecular formula is C21H33NO6Si. The summed E-state index contributed by atoms with van der Waals surface area (Å²) in [5.74, 6) is -0.124. The minimum Gasteiger partial charge on any atom is -0.481 e. The lowest BCUT2D eigenvalue weighted by Gasteiger charge is -2.26. The van der Waals surface area contributed by atoms with Crippen LogP contribution >= 0.6 is 0 Å². The van der Waals surface area contributed by atoms with Crippen LogP contribution in [0, 0.1) is 11.8 Å². The molecule has 3 aliphatic rings. The Bertz CT molecular complexity index is 671. The van der Waals surface area contributed by atoms with Crippen LogP contribution in [0.5, 0.6) is 0 Å². The second kappa shape index (κ2) is 9.43. The topological polar surface area (TPSA) is 94.4 Å². The summed E-state index contributed by atoms with van der Waals surface area (Å²) in [6.45, 7) is 7.45. The number of ether oxygens (including phenoxy) is 3. The number of carbonyl (C=O) groups excluding carboxylic acids is 1. The van der Waals surface area contributed by atoms with Crippen molar-refractivity contribution in [2.75, 3.05) is 13.2 Å². The Morgan fingerprint density at radius 1 is 1.24 bits per heavy atom. The molecule has 0 saturated carbocycles. The number of hydrogen-bond donors (Lipinski definition) is 1. The maximum absolute atomic E-state index is 12.3. The summed E-state index contributed by atoms with van der Waals surface area (Å²) in [4.78, 5) is 27.5. The van der Waals surface area contributed by atoms with E-state index >= 15 is 0 Å². The van der Waals surface area contributed by atoms with Gasteiger partial charge in [-0.1, -0.05) is 31.8 Å². The molecule has 0 aromatic rings. The molecule has 0 amide bonds. The summed E-state index contributed by atoms with van der Waals surface area (Å²) >= 11 is 0. The normalized spacial score (nSPS) is 31.1. The van der Waals surface area contributed by atoms with Gasteiger partial charge in [-0.15, -0.1) is 0 Å². The first kappa shape index (κ1) is 22.0. The summed E-state index contributed by atoms with van der Waals surface area (Å²) in [6, 6.07) is 0.372. The van der Waals surface area contributed by atoms with Crippen molar-refractivity contribution in [1.82, 2.24) is 0 Å². The van der Waals surface area contributed by atoms with Crippen molar-refractivity contribution in [3.05, 3.63) is 12.2 Å². The first-order valence-electron chi connectivity index (χ1n) is 10.6. The van der Waals surface area contributed by atoms with E-state index < -0.39 is 20.1 Å². The van der Waals surface area contributed by atoms with Crippen LogP contribution in [-0.2, 0) is 23.8 Å². The lowest BCUT2D eigenvalue weighted by Crippen LogP contribution is -2.33. The predicted octanol–water partition coefficient (Wildman–Crippen LogP) is 3.27. The smallest absolute Gasteiger partial charge is 0.334 e. The molecule has 0 aromatic heterocycles. The molecule has 0 spiro atoms. The summed E-state index contributed by atoms with van der Waals surface area (Å²) in [7, 11) is -1.24. The fourth-order valence-corrected chi connectivity index (χ4v) is 4.96. The summed E-state index contributed by atoms with van der Waals surface area (Å²) in [6.07, 6.45) is 7.75. The maximum atomic E-state index is 12.3. The quantitative estimate of drug-likeness (QED) is 0.329. The molecule has 3 aliphatic heterocycles. The molecule has 0 radical (unpaired) electrons. The van der Waals surface area contributed by atoms with Crippen molar-refractivity contribution in [1.29, 1.82) is 0 Å². The molecule has 162 valence electrons. The number of allylic oxidation sites excluding steroid dienone is 2. The third kappa shape index (κ3) is 5.91. The largest absolute Gasteiger partial charge is 0.481 e. The molecular weight excluding hydrogens is 390 g/mol. The van der Waals surface area contributed by atoms with Gasteiger partial charge in [0.25, 0.3) is 0 Å². The Hall–Kier alpha value is -1.67. The molecule has 2 bridgehead atoms. The highest BCUT2D eigenvalue weighted by molar-refractivity contribution is 6.76. The van der Waals surface area contributed by atoms with Gasteiger partial charge in [0.2, 0.25) is 0 Å². The van der Waals surface area contributed by atoms with Gasteiger partial charge in [0.15, 0.2) is 11.9 Å². The van der Waals surface area contributed by atoms with Crippen molar-refractivity contribution in [3.63, 3.8) is 0 Å². The summed E-state index contributed by atoms with van der Waals surface area (Å²) in [5, 5.41) is 8.74. The van der Waals surface area contributed by atoms with Crippen molar-refractivity contribution in [2.45, 2.75) is 76.0 Å². The zero-order valence-corrected chi connectivity index (χ0v) is 18.6. The van der Waals surface area contributed by atoms with Crippen molar-refractivity contribution < 1.29 is 28.9 Å². The molecule has 3 heterocycles. The zero-order chi connectivity index (χ0) is 21.0. The van der Waals surface area contributed by atoms with Gasteiger partial charge in [0, 0.05) is 20.4 Å². The van der Waals surface area contributed by atoms with Crippen LogP contribution in [0.4, 0.5) is 0 Å². The average molecular weight is 424 g/mol. The molecule has 2 saturated heterocycles. The average Bonchev–Trinajstić information content (AvgIpc) is 3.35. The SMILES string of the molecule is C[Si](C)(C)CCOC(=O)C1COC([C@H]2[C@@H](CC=CCCC(=O)O)[C@@H]3CC[C@H]2O3)=N1. The van der Waals surface area contributed by atoms with Gasteiger partial charge in [-0.05, 0) is 31.7 Å². The van der Waals surface area contributed by atoms with E-state index in [1.54, 1.807) is 0 Å². The lowest BCUT2D eigenvalue weighted by atomic mass is 9.77.